The summed E-state index contributed by atoms with van der Waals surface area (Å²) in [5.41, 5.74) is 3.26. The molecule has 0 saturated carbocycles. The first kappa shape index (κ1) is 24.3. The number of aromatic nitrogens is 5. The Balaban J connectivity index is 1.36. The van der Waals surface area contributed by atoms with Gasteiger partial charge in [-0.2, -0.15) is 5.10 Å². The van der Waals surface area contributed by atoms with E-state index in [0.29, 0.717) is 28.6 Å². The van der Waals surface area contributed by atoms with E-state index in [1.807, 2.05) is 24.3 Å². The van der Waals surface area contributed by atoms with Crippen molar-refractivity contribution in [3.05, 3.63) is 78.2 Å². The highest BCUT2D eigenvalue weighted by molar-refractivity contribution is 14.1. The molecule has 0 spiro atoms. The van der Waals surface area contributed by atoms with Crippen molar-refractivity contribution >= 4 is 40.0 Å². The van der Waals surface area contributed by atoms with E-state index in [9.17, 15) is 4.79 Å². The first-order valence-electron chi connectivity index (χ1n) is 11.8. The minimum absolute atomic E-state index is 0.266. The van der Waals surface area contributed by atoms with Crippen LogP contribution >= 0.6 is 22.6 Å². The molecule has 0 radical (unpaired) electrons. The third kappa shape index (κ3) is 5.38. The maximum absolute atomic E-state index is 15.0. The molecule has 1 saturated heterocycles. The maximum Gasteiger partial charge on any atom is 0.256 e. The molecule has 10 heteroatoms. The van der Waals surface area contributed by atoms with Crippen molar-refractivity contribution in [3.8, 4) is 17.1 Å². The van der Waals surface area contributed by atoms with Crippen molar-refractivity contribution in [2.75, 3.05) is 23.3 Å². The molecule has 5 rings (SSSR count). The molecule has 1 atom stereocenters. The monoisotopic (exact) mass is 597 g/mol. The predicted octanol–water partition coefficient (Wildman–Crippen LogP) is 5.54. The zero-order chi connectivity index (χ0) is 25.1. The third-order valence-electron chi connectivity index (χ3n) is 6.06. The molecule has 1 amide bonds. The smallest absolute Gasteiger partial charge is 0.256 e. The Morgan fingerprint density at radius 2 is 1.89 bits per heavy atom. The second-order valence-electron chi connectivity index (χ2n) is 8.79. The SMILES string of the molecule is CC(F)(I)c1cc(-c2cccnc2)nn1-c1ccc(NC(=O)c2cccc(N3CCCCC3)c2)nn1. The average Bonchev–Trinajstić information content (AvgIpc) is 3.37. The Hall–Kier alpha value is -3.41. The van der Waals surface area contributed by atoms with Gasteiger partial charge in [-0.25, -0.2) is 9.07 Å². The van der Waals surface area contributed by atoms with Crippen LogP contribution in [0.1, 0.15) is 42.2 Å². The molecule has 8 nitrogen and oxygen atoms in total. The van der Waals surface area contributed by atoms with Gasteiger partial charge in [0.25, 0.3) is 5.91 Å². The molecule has 0 aliphatic carbocycles. The Morgan fingerprint density at radius 1 is 1.06 bits per heavy atom. The second-order valence-corrected chi connectivity index (χ2v) is 10.8. The van der Waals surface area contributed by atoms with E-state index in [4.69, 9.17) is 0 Å². The highest BCUT2D eigenvalue weighted by Gasteiger charge is 2.29. The van der Waals surface area contributed by atoms with Crippen LogP contribution in [0, 0.1) is 0 Å². The molecule has 0 bridgehead atoms. The fraction of sp³-hybridized carbons (Fsp3) is 0.269. The number of amides is 1. The molecular weight excluding hydrogens is 572 g/mol. The molecule has 4 heterocycles. The average molecular weight is 597 g/mol. The summed E-state index contributed by atoms with van der Waals surface area (Å²) in [6.07, 6.45) is 6.92. The quantitative estimate of drug-likeness (QED) is 0.232. The molecule has 3 aromatic heterocycles. The minimum atomic E-state index is -1.70. The van der Waals surface area contributed by atoms with Crippen molar-refractivity contribution in [2.24, 2.45) is 0 Å². The van der Waals surface area contributed by atoms with Crippen LogP contribution in [-0.2, 0) is 3.68 Å². The van der Waals surface area contributed by atoms with E-state index in [2.05, 4.69) is 30.5 Å². The molecule has 1 aliphatic rings. The summed E-state index contributed by atoms with van der Waals surface area (Å²) in [6.45, 7) is 3.46. The van der Waals surface area contributed by atoms with Gasteiger partial charge >= 0.3 is 0 Å². The van der Waals surface area contributed by atoms with Crippen LogP contribution in [0.15, 0.2) is 67.0 Å². The lowest BCUT2D eigenvalue weighted by atomic mass is 10.1. The van der Waals surface area contributed by atoms with Gasteiger partial charge in [0.1, 0.15) is 0 Å². The molecule has 184 valence electrons. The lowest BCUT2D eigenvalue weighted by Gasteiger charge is -2.29. The molecule has 1 aliphatic heterocycles. The van der Waals surface area contributed by atoms with E-state index in [1.165, 1.54) is 30.9 Å². The Labute approximate surface area is 222 Å². The Morgan fingerprint density at radius 3 is 2.58 bits per heavy atom. The topological polar surface area (TPSA) is 88.8 Å². The number of benzene rings is 1. The Bertz CT molecular complexity index is 1350. The standard InChI is InChI=1S/C26H25FIN7O/c1-26(27,28)22-16-21(19-8-6-12-29-17-19)33-35(22)24-11-10-23(31-32-24)30-25(36)18-7-5-9-20(15-18)34-13-3-2-4-14-34/h5-12,15-17H,2-4,13-14H2,1H3,(H,30,31,36). The van der Waals surface area contributed by atoms with Gasteiger partial charge in [0.15, 0.2) is 15.3 Å². The fourth-order valence-electron chi connectivity index (χ4n) is 4.21. The first-order valence-corrected chi connectivity index (χ1v) is 12.9. The number of hydrogen-bond donors (Lipinski definition) is 1. The lowest BCUT2D eigenvalue weighted by molar-refractivity contribution is 0.102. The number of carbonyl (C=O) groups is 1. The number of nitrogens with one attached hydrogen (secondary N) is 1. The summed E-state index contributed by atoms with van der Waals surface area (Å²) < 4.78 is 14.7. The summed E-state index contributed by atoms with van der Waals surface area (Å²) in [7, 11) is 0. The number of halogens is 2. The van der Waals surface area contributed by atoms with E-state index in [0.717, 1.165) is 24.3 Å². The van der Waals surface area contributed by atoms with Crippen LogP contribution in [0.5, 0.6) is 0 Å². The highest BCUT2D eigenvalue weighted by Crippen LogP contribution is 2.36. The number of piperidine rings is 1. The van der Waals surface area contributed by atoms with Crippen molar-refractivity contribution in [1.29, 1.82) is 0 Å². The van der Waals surface area contributed by atoms with Crippen molar-refractivity contribution in [1.82, 2.24) is 25.0 Å². The number of anilines is 2. The number of hydrogen-bond acceptors (Lipinski definition) is 6. The number of pyridine rings is 1. The van der Waals surface area contributed by atoms with Gasteiger partial charge in [-0.3, -0.25) is 9.78 Å². The van der Waals surface area contributed by atoms with Gasteiger partial charge in [0.05, 0.1) is 11.4 Å². The summed E-state index contributed by atoms with van der Waals surface area (Å²) in [4.78, 5) is 19.3. The van der Waals surface area contributed by atoms with Crippen molar-refractivity contribution in [2.45, 2.75) is 29.9 Å². The summed E-state index contributed by atoms with van der Waals surface area (Å²) in [6, 6.07) is 16.2. The predicted molar refractivity (Wildman–Crippen MR) is 145 cm³/mol. The van der Waals surface area contributed by atoms with Gasteiger partial charge in [0, 0.05) is 42.3 Å². The minimum Gasteiger partial charge on any atom is -0.372 e. The molecular formula is C26H25FIN7O. The maximum atomic E-state index is 15.0. The number of alkyl halides is 2. The summed E-state index contributed by atoms with van der Waals surface area (Å²) in [5, 5.41) is 15.7. The zero-order valence-corrected chi connectivity index (χ0v) is 21.9. The molecule has 36 heavy (non-hydrogen) atoms. The van der Waals surface area contributed by atoms with E-state index in [-0.39, 0.29) is 5.91 Å². The number of rotatable bonds is 6. The summed E-state index contributed by atoms with van der Waals surface area (Å²) >= 11 is 1.72. The van der Waals surface area contributed by atoms with Crippen LogP contribution in [0.25, 0.3) is 17.1 Å². The van der Waals surface area contributed by atoms with Crippen LogP contribution in [0.2, 0.25) is 0 Å². The largest absolute Gasteiger partial charge is 0.372 e. The molecule has 1 aromatic carbocycles. The van der Waals surface area contributed by atoms with Gasteiger partial charge in [-0.1, -0.05) is 6.07 Å². The number of nitrogens with zero attached hydrogens (tertiary/aromatic N) is 6. The van der Waals surface area contributed by atoms with Gasteiger partial charge < -0.3 is 10.2 Å². The molecule has 1 fully saturated rings. The van der Waals surface area contributed by atoms with Crippen molar-refractivity contribution < 1.29 is 9.18 Å². The van der Waals surface area contributed by atoms with Gasteiger partial charge in [0.2, 0.25) is 0 Å². The Kier molecular flexibility index (Phi) is 6.95. The van der Waals surface area contributed by atoms with E-state index >= 15 is 4.39 Å². The van der Waals surface area contributed by atoms with Crippen LogP contribution < -0.4 is 10.2 Å². The van der Waals surface area contributed by atoms with Crippen LogP contribution in [0.3, 0.4) is 0 Å². The molecule has 4 aromatic rings. The van der Waals surface area contributed by atoms with Crippen molar-refractivity contribution in [3.63, 3.8) is 0 Å². The first-order chi connectivity index (χ1) is 17.4. The second kappa shape index (κ2) is 10.3. The fourth-order valence-corrected chi connectivity index (χ4v) is 4.60. The van der Waals surface area contributed by atoms with Crippen LogP contribution in [-0.4, -0.2) is 44.0 Å². The van der Waals surface area contributed by atoms with Gasteiger partial charge in [-0.15, -0.1) is 10.2 Å². The summed E-state index contributed by atoms with van der Waals surface area (Å²) in [5.74, 6) is 0.370. The normalized spacial score (nSPS) is 15.4. The number of carbonyl (C=O) groups excluding carboxylic acids is 1. The molecule has 1 unspecified atom stereocenters. The zero-order valence-electron chi connectivity index (χ0n) is 19.7. The lowest BCUT2D eigenvalue weighted by Crippen LogP contribution is -2.29. The molecule has 1 N–H and O–H groups in total. The third-order valence-corrected chi connectivity index (χ3v) is 6.61. The highest BCUT2D eigenvalue weighted by atomic mass is 127. The van der Waals surface area contributed by atoms with Crippen LogP contribution in [0.4, 0.5) is 15.9 Å². The van der Waals surface area contributed by atoms with Gasteiger partial charge in [-0.05, 0) is 97.3 Å². The van der Waals surface area contributed by atoms with E-state index in [1.54, 1.807) is 65.3 Å². The van der Waals surface area contributed by atoms with E-state index < -0.39 is 3.68 Å².